The van der Waals surface area contributed by atoms with Crippen LogP contribution in [-0.4, -0.2) is 10.1 Å². The molecule has 0 bridgehead atoms. The Bertz CT molecular complexity index is 473. The van der Waals surface area contributed by atoms with Gasteiger partial charge in [-0.05, 0) is 31.0 Å². The molecule has 0 aliphatic rings. The maximum absolute atomic E-state index is 10.2. The molecular formula is C15H17NO. The molecule has 1 N–H and O–H groups in total. The largest absolute Gasteiger partial charge is 0.388 e. The highest BCUT2D eigenvalue weighted by atomic mass is 16.3. The topological polar surface area (TPSA) is 33.1 Å². The lowest BCUT2D eigenvalue weighted by molar-refractivity contribution is 0.178. The summed E-state index contributed by atoms with van der Waals surface area (Å²) in [5.74, 6) is 0. The van der Waals surface area contributed by atoms with Gasteiger partial charge in [-0.3, -0.25) is 4.98 Å². The highest BCUT2D eigenvalue weighted by molar-refractivity contribution is 5.30. The lowest BCUT2D eigenvalue weighted by Crippen LogP contribution is -2.02. The van der Waals surface area contributed by atoms with E-state index >= 15 is 0 Å². The first-order chi connectivity index (χ1) is 8.15. The fraction of sp³-hybridized carbons (Fsp3) is 0.267. The van der Waals surface area contributed by atoms with E-state index in [9.17, 15) is 5.11 Å². The molecule has 1 heterocycles. The zero-order valence-electron chi connectivity index (χ0n) is 10.2. The van der Waals surface area contributed by atoms with Gasteiger partial charge in [-0.2, -0.15) is 0 Å². The van der Waals surface area contributed by atoms with Gasteiger partial charge in [-0.1, -0.05) is 35.4 Å². The summed E-state index contributed by atoms with van der Waals surface area (Å²) in [5.41, 5.74) is 4.40. The number of aliphatic hydroxyl groups is 1. The number of aliphatic hydroxyl groups excluding tert-OH is 1. The van der Waals surface area contributed by atoms with Crippen LogP contribution in [0.1, 0.15) is 28.4 Å². The quantitative estimate of drug-likeness (QED) is 0.874. The smallest absolute Gasteiger partial charge is 0.0831 e. The summed E-state index contributed by atoms with van der Waals surface area (Å²) in [4.78, 5) is 4.06. The third kappa shape index (κ3) is 3.14. The Morgan fingerprint density at radius 1 is 1.18 bits per heavy atom. The highest BCUT2D eigenvalue weighted by Crippen LogP contribution is 2.20. The van der Waals surface area contributed by atoms with Gasteiger partial charge in [0.1, 0.15) is 0 Å². The first-order valence-corrected chi connectivity index (χ1v) is 5.80. The SMILES string of the molecule is Cc1cc(C)cc(C(O)Cc2cccnc2)c1. The predicted molar refractivity (Wildman–Crippen MR) is 68.8 cm³/mol. The van der Waals surface area contributed by atoms with Crippen LogP contribution in [0, 0.1) is 13.8 Å². The van der Waals surface area contributed by atoms with Crippen LogP contribution in [0.4, 0.5) is 0 Å². The summed E-state index contributed by atoms with van der Waals surface area (Å²) >= 11 is 0. The minimum atomic E-state index is -0.460. The monoisotopic (exact) mass is 227 g/mol. The van der Waals surface area contributed by atoms with Crippen LogP contribution in [0.15, 0.2) is 42.7 Å². The van der Waals surface area contributed by atoms with Crippen molar-refractivity contribution in [2.75, 3.05) is 0 Å². The molecule has 2 heteroatoms. The zero-order valence-corrected chi connectivity index (χ0v) is 10.2. The molecule has 0 radical (unpaired) electrons. The van der Waals surface area contributed by atoms with E-state index in [0.717, 1.165) is 11.1 Å². The molecule has 0 aliphatic carbocycles. The van der Waals surface area contributed by atoms with Crippen molar-refractivity contribution in [2.24, 2.45) is 0 Å². The van der Waals surface area contributed by atoms with Gasteiger partial charge < -0.3 is 5.11 Å². The molecule has 1 unspecified atom stereocenters. The number of aromatic nitrogens is 1. The van der Waals surface area contributed by atoms with Crippen LogP contribution in [0.5, 0.6) is 0 Å². The summed E-state index contributed by atoms with van der Waals surface area (Å²) in [7, 11) is 0. The van der Waals surface area contributed by atoms with Crippen molar-refractivity contribution in [3.8, 4) is 0 Å². The summed E-state index contributed by atoms with van der Waals surface area (Å²) in [6, 6.07) is 10.1. The Hall–Kier alpha value is -1.67. The zero-order chi connectivity index (χ0) is 12.3. The molecule has 0 saturated heterocycles. The van der Waals surface area contributed by atoms with E-state index in [4.69, 9.17) is 0 Å². The summed E-state index contributed by atoms with van der Waals surface area (Å²) in [6.07, 6.45) is 3.69. The second-order valence-corrected chi connectivity index (χ2v) is 4.50. The van der Waals surface area contributed by atoms with Gasteiger partial charge in [-0.15, -0.1) is 0 Å². The van der Waals surface area contributed by atoms with Gasteiger partial charge >= 0.3 is 0 Å². The third-order valence-corrected chi connectivity index (χ3v) is 2.78. The molecule has 1 atom stereocenters. The van der Waals surface area contributed by atoms with Gasteiger partial charge in [0.25, 0.3) is 0 Å². The maximum atomic E-state index is 10.2. The van der Waals surface area contributed by atoms with E-state index in [1.807, 2.05) is 38.1 Å². The van der Waals surface area contributed by atoms with Crippen molar-refractivity contribution in [2.45, 2.75) is 26.4 Å². The molecule has 0 amide bonds. The van der Waals surface area contributed by atoms with Crippen molar-refractivity contribution in [3.63, 3.8) is 0 Å². The Kier molecular flexibility index (Phi) is 3.55. The molecule has 2 rings (SSSR count). The number of hydrogen-bond acceptors (Lipinski definition) is 2. The number of aryl methyl sites for hydroxylation is 2. The fourth-order valence-corrected chi connectivity index (χ4v) is 2.06. The Balaban J connectivity index is 2.17. The molecule has 0 spiro atoms. The van der Waals surface area contributed by atoms with E-state index in [1.54, 1.807) is 12.4 Å². The molecule has 1 aromatic heterocycles. The van der Waals surface area contributed by atoms with Crippen molar-refractivity contribution in [3.05, 3.63) is 65.0 Å². The third-order valence-electron chi connectivity index (χ3n) is 2.78. The van der Waals surface area contributed by atoms with Gasteiger partial charge in [-0.25, -0.2) is 0 Å². The van der Waals surface area contributed by atoms with Crippen molar-refractivity contribution < 1.29 is 5.11 Å². The van der Waals surface area contributed by atoms with Crippen LogP contribution in [0.25, 0.3) is 0 Å². The molecule has 0 saturated carbocycles. The normalized spacial score (nSPS) is 12.4. The second-order valence-electron chi connectivity index (χ2n) is 4.50. The first-order valence-electron chi connectivity index (χ1n) is 5.80. The number of pyridine rings is 1. The van der Waals surface area contributed by atoms with Crippen molar-refractivity contribution in [1.82, 2.24) is 4.98 Å². The van der Waals surface area contributed by atoms with Crippen LogP contribution in [0.3, 0.4) is 0 Å². The lowest BCUT2D eigenvalue weighted by atomic mass is 9.99. The molecule has 1 aromatic carbocycles. The summed E-state index contributed by atoms with van der Waals surface area (Å²) in [5, 5.41) is 10.2. The second kappa shape index (κ2) is 5.11. The number of benzene rings is 1. The molecule has 2 aromatic rings. The Labute approximate surface area is 102 Å². The standard InChI is InChI=1S/C15H17NO/c1-11-6-12(2)8-14(7-11)15(17)9-13-4-3-5-16-10-13/h3-8,10,15,17H,9H2,1-2H3. The average molecular weight is 227 g/mol. The van der Waals surface area contributed by atoms with Crippen LogP contribution >= 0.6 is 0 Å². The van der Waals surface area contributed by atoms with E-state index < -0.39 is 6.10 Å². The fourth-order valence-electron chi connectivity index (χ4n) is 2.06. The molecule has 17 heavy (non-hydrogen) atoms. The molecule has 0 fully saturated rings. The van der Waals surface area contributed by atoms with Gasteiger partial charge in [0, 0.05) is 18.8 Å². The minimum absolute atomic E-state index is 0.460. The van der Waals surface area contributed by atoms with Gasteiger partial charge in [0.2, 0.25) is 0 Å². The molecular weight excluding hydrogens is 210 g/mol. The van der Waals surface area contributed by atoms with E-state index in [2.05, 4.69) is 11.1 Å². The molecule has 0 aliphatic heterocycles. The van der Waals surface area contributed by atoms with Crippen molar-refractivity contribution >= 4 is 0 Å². The highest BCUT2D eigenvalue weighted by Gasteiger charge is 2.09. The van der Waals surface area contributed by atoms with Crippen LogP contribution < -0.4 is 0 Å². The Morgan fingerprint density at radius 3 is 2.47 bits per heavy atom. The van der Waals surface area contributed by atoms with E-state index in [1.165, 1.54) is 11.1 Å². The number of nitrogens with zero attached hydrogens (tertiary/aromatic N) is 1. The van der Waals surface area contributed by atoms with Crippen LogP contribution in [0.2, 0.25) is 0 Å². The van der Waals surface area contributed by atoms with Gasteiger partial charge in [0.15, 0.2) is 0 Å². The predicted octanol–water partition coefficient (Wildman–Crippen LogP) is 2.97. The summed E-state index contributed by atoms with van der Waals surface area (Å²) in [6.45, 7) is 4.10. The molecule has 2 nitrogen and oxygen atoms in total. The lowest BCUT2D eigenvalue weighted by Gasteiger charge is -2.12. The van der Waals surface area contributed by atoms with E-state index in [-0.39, 0.29) is 0 Å². The molecule has 88 valence electrons. The minimum Gasteiger partial charge on any atom is -0.388 e. The van der Waals surface area contributed by atoms with E-state index in [0.29, 0.717) is 6.42 Å². The first kappa shape index (κ1) is 11.8. The maximum Gasteiger partial charge on any atom is 0.0831 e. The van der Waals surface area contributed by atoms with Gasteiger partial charge in [0.05, 0.1) is 6.10 Å². The number of hydrogen-bond donors (Lipinski definition) is 1. The van der Waals surface area contributed by atoms with Crippen molar-refractivity contribution in [1.29, 1.82) is 0 Å². The van der Waals surface area contributed by atoms with Crippen LogP contribution in [-0.2, 0) is 6.42 Å². The number of rotatable bonds is 3. The average Bonchev–Trinajstić information content (AvgIpc) is 2.29. The summed E-state index contributed by atoms with van der Waals surface area (Å²) < 4.78 is 0. The Morgan fingerprint density at radius 2 is 1.88 bits per heavy atom.